The third-order valence-electron chi connectivity index (χ3n) is 1.16. The van der Waals surface area contributed by atoms with Gasteiger partial charge >= 0.3 is 0 Å². The zero-order chi connectivity index (χ0) is 8.48. The zero-order valence-corrected chi connectivity index (χ0v) is 8.17. The molecular formula is C7H11ClN2S. The molecule has 0 aliphatic carbocycles. The van der Waals surface area contributed by atoms with E-state index in [1.54, 1.807) is 6.20 Å². The molecule has 0 fully saturated rings. The van der Waals surface area contributed by atoms with Gasteiger partial charge in [-0.1, -0.05) is 11.6 Å². The molecule has 4 heteroatoms. The van der Waals surface area contributed by atoms with Gasteiger partial charge in [-0.05, 0) is 13.8 Å². The first-order chi connectivity index (χ1) is 4.97. The van der Waals surface area contributed by atoms with E-state index in [2.05, 4.69) is 4.98 Å². The van der Waals surface area contributed by atoms with Crippen molar-refractivity contribution in [3.8, 4) is 0 Å². The Bertz CT molecular complexity index is 239. The molecule has 62 valence electrons. The molecule has 0 aliphatic rings. The topological polar surface area (TPSA) is 38.9 Å². The number of thiazole rings is 1. The number of hydrogen-bond donors (Lipinski definition) is 1. The van der Waals surface area contributed by atoms with E-state index in [9.17, 15) is 0 Å². The highest BCUT2D eigenvalue weighted by Crippen LogP contribution is 2.20. The van der Waals surface area contributed by atoms with Gasteiger partial charge in [-0.15, -0.1) is 11.3 Å². The molecule has 1 heterocycles. The van der Waals surface area contributed by atoms with E-state index in [-0.39, 0.29) is 5.54 Å². The van der Waals surface area contributed by atoms with Gasteiger partial charge in [0.05, 0.1) is 0 Å². The van der Waals surface area contributed by atoms with Gasteiger partial charge in [0.15, 0.2) is 4.47 Å². The Morgan fingerprint density at radius 3 is 2.73 bits per heavy atom. The van der Waals surface area contributed by atoms with Gasteiger partial charge in [0.1, 0.15) is 0 Å². The molecule has 0 radical (unpaired) electrons. The maximum Gasteiger partial charge on any atom is 0.183 e. The average Bonchev–Trinajstić information content (AvgIpc) is 2.10. The number of rotatable bonds is 2. The van der Waals surface area contributed by atoms with Gasteiger partial charge in [0, 0.05) is 23.0 Å². The maximum atomic E-state index is 5.81. The maximum absolute atomic E-state index is 5.81. The third kappa shape index (κ3) is 3.18. The summed E-state index contributed by atoms with van der Waals surface area (Å²) in [6.07, 6.45) is 2.61. The van der Waals surface area contributed by atoms with Crippen LogP contribution in [0.15, 0.2) is 6.20 Å². The molecule has 1 rings (SSSR count). The molecule has 0 aliphatic heterocycles. The van der Waals surface area contributed by atoms with E-state index in [1.165, 1.54) is 11.3 Å². The minimum atomic E-state index is -0.171. The summed E-state index contributed by atoms with van der Waals surface area (Å²) in [5, 5.41) is 0. The lowest BCUT2D eigenvalue weighted by Gasteiger charge is -2.15. The predicted molar refractivity (Wildman–Crippen MR) is 49.1 cm³/mol. The van der Waals surface area contributed by atoms with Gasteiger partial charge in [-0.25, -0.2) is 4.98 Å². The Morgan fingerprint density at radius 1 is 1.73 bits per heavy atom. The molecule has 1 aromatic heterocycles. The highest BCUT2D eigenvalue weighted by atomic mass is 35.5. The Kier molecular flexibility index (Phi) is 2.52. The monoisotopic (exact) mass is 190 g/mol. The number of nitrogens with two attached hydrogens (primary N) is 1. The van der Waals surface area contributed by atoms with Gasteiger partial charge in [-0.2, -0.15) is 0 Å². The van der Waals surface area contributed by atoms with Crippen LogP contribution in [0.4, 0.5) is 0 Å². The lowest BCUT2D eigenvalue weighted by molar-refractivity contribution is 0.520. The van der Waals surface area contributed by atoms with Crippen molar-refractivity contribution >= 4 is 22.9 Å². The van der Waals surface area contributed by atoms with Crippen LogP contribution >= 0.6 is 22.9 Å². The van der Waals surface area contributed by atoms with Gasteiger partial charge in [0.25, 0.3) is 0 Å². The lowest BCUT2D eigenvalue weighted by Crippen LogP contribution is -2.33. The van der Waals surface area contributed by atoms with Crippen molar-refractivity contribution in [2.75, 3.05) is 0 Å². The number of nitrogens with zero attached hydrogens (tertiary/aromatic N) is 1. The minimum Gasteiger partial charge on any atom is -0.325 e. The number of aromatic nitrogens is 1. The quantitative estimate of drug-likeness (QED) is 0.776. The Labute approximate surface area is 75.4 Å². The molecule has 0 aromatic carbocycles. The summed E-state index contributed by atoms with van der Waals surface area (Å²) < 4.78 is 0.587. The highest BCUT2D eigenvalue weighted by Gasteiger charge is 2.13. The molecule has 0 saturated heterocycles. The van der Waals surface area contributed by atoms with Crippen molar-refractivity contribution < 1.29 is 0 Å². The van der Waals surface area contributed by atoms with E-state index in [1.807, 2.05) is 13.8 Å². The first-order valence-corrected chi connectivity index (χ1v) is 4.56. The van der Waals surface area contributed by atoms with Gasteiger partial charge in [0.2, 0.25) is 0 Å². The summed E-state index contributed by atoms with van der Waals surface area (Å²) in [6, 6.07) is 0. The summed E-state index contributed by atoms with van der Waals surface area (Å²) in [5.41, 5.74) is 5.64. The first-order valence-electron chi connectivity index (χ1n) is 3.36. The second-order valence-corrected chi connectivity index (χ2v) is 4.94. The fourth-order valence-corrected chi connectivity index (χ4v) is 2.03. The summed E-state index contributed by atoms with van der Waals surface area (Å²) in [4.78, 5) is 5.07. The molecule has 2 N–H and O–H groups in total. The van der Waals surface area contributed by atoms with Crippen molar-refractivity contribution in [3.05, 3.63) is 15.5 Å². The van der Waals surface area contributed by atoms with Crippen molar-refractivity contribution in [2.45, 2.75) is 25.8 Å². The molecule has 2 nitrogen and oxygen atoms in total. The van der Waals surface area contributed by atoms with E-state index in [0.29, 0.717) is 4.47 Å². The second-order valence-electron chi connectivity index (χ2n) is 3.24. The number of hydrogen-bond acceptors (Lipinski definition) is 3. The first kappa shape index (κ1) is 8.97. The van der Waals surface area contributed by atoms with Crippen molar-refractivity contribution in [2.24, 2.45) is 5.73 Å². The van der Waals surface area contributed by atoms with E-state index in [0.717, 1.165) is 11.3 Å². The minimum absolute atomic E-state index is 0.171. The van der Waals surface area contributed by atoms with E-state index < -0.39 is 0 Å². The molecule has 0 bridgehead atoms. The molecule has 11 heavy (non-hydrogen) atoms. The molecule has 0 saturated carbocycles. The number of halogens is 1. The van der Waals surface area contributed by atoms with Gasteiger partial charge in [-0.3, -0.25) is 0 Å². The Morgan fingerprint density at radius 2 is 2.36 bits per heavy atom. The van der Waals surface area contributed by atoms with Crippen LogP contribution in [-0.4, -0.2) is 10.5 Å². The zero-order valence-electron chi connectivity index (χ0n) is 6.60. The normalized spacial score (nSPS) is 12.0. The molecule has 0 spiro atoms. The van der Waals surface area contributed by atoms with Crippen LogP contribution < -0.4 is 5.73 Å². The molecule has 1 aromatic rings. The van der Waals surface area contributed by atoms with Crippen LogP contribution in [0.25, 0.3) is 0 Å². The molecule has 0 atom stereocenters. The van der Waals surface area contributed by atoms with Crippen LogP contribution in [0.5, 0.6) is 0 Å². The Balaban J connectivity index is 2.65. The summed E-state index contributed by atoms with van der Waals surface area (Å²) in [6.45, 7) is 3.97. The van der Waals surface area contributed by atoms with Crippen LogP contribution in [0.3, 0.4) is 0 Å². The average molecular weight is 191 g/mol. The predicted octanol–water partition coefficient (Wildman–Crippen LogP) is 2.08. The smallest absolute Gasteiger partial charge is 0.183 e. The molecular weight excluding hydrogens is 180 g/mol. The summed E-state index contributed by atoms with van der Waals surface area (Å²) >= 11 is 7.14. The van der Waals surface area contributed by atoms with Crippen molar-refractivity contribution in [1.82, 2.24) is 4.98 Å². The van der Waals surface area contributed by atoms with Crippen molar-refractivity contribution in [3.63, 3.8) is 0 Å². The standard InChI is InChI=1S/C7H11ClN2S/c1-7(2,9)3-5-4-10-6(8)11-5/h4H,3,9H2,1-2H3. The van der Waals surface area contributed by atoms with Crippen molar-refractivity contribution in [1.29, 1.82) is 0 Å². The lowest BCUT2D eigenvalue weighted by atomic mass is 10.0. The fraction of sp³-hybridized carbons (Fsp3) is 0.571. The largest absolute Gasteiger partial charge is 0.325 e. The van der Waals surface area contributed by atoms with E-state index >= 15 is 0 Å². The molecule has 0 unspecified atom stereocenters. The van der Waals surface area contributed by atoms with Crippen LogP contribution in [-0.2, 0) is 6.42 Å². The highest BCUT2D eigenvalue weighted by molar-refractivity contribution is 7.15. The SMILES string of the molecule is CC(C)(N)Cc1cnc(Cl)s1. The molecule has 0 amide bonds. The van der Waals surface area contributed by atoms with Crippen LogP contribution in [0.1, 0.15) is 18.7 Å². The van der Waals surface area contributed by atoms with Crippen LogP contribution in [0, 0.1) is 0 Å². The van der Waals surface area contributed by atoms with Gasteiger partial charge < -0.3 is 5.73 Å². The van der Waals surface area contributed by atoms with Crippen LogP contribution in [0.2, 0.25) is 4.47 Å². The third-order valence-corrected chi connectivity index (χ3v) is 2.27. The summed E-state index contributed by atoms with van der Waals surface area (Å²) in [5.74, 6) is 0. The fourth-order valence-electron chi connectivity index (χ4n) is 0.814. The summed E-state index contributed by atoms with van der Waals surface area (Å²) in [7, 11) is 0. The Hall–Kier alpha value is -0.120. The second kappa shape index (κ2) is 3.09. The van der Waals surface area contributed by atoms with E-state index in [4.69, 9.17) is 17.3 Å².